The van der Waals surface area contributed by atoms with Gasteiger partial charge < -0.3 is 15.4 Å². The van der Waals surface area contributed by atoms with Crippen LogP contribution >= 0.6 is 15.9 Å². The van der Waals surface area contributed by atoms with Crippen LogP contribution in [-0.2, 0) is 0 Å². The maximum atomic E-state index is 13.8. The number of para-hydroxylation sites is 2. The van der Waals surface area contributed by atoms with Gasteiger partial charge in [0.05, 0.1) is 25.0 Å². The summed E-state index contributed by atoms with van der Waals surface area (Å²) in [5, 5.41) is 9.64. The van der Waals surface area contributed by atoms with Gasteiger partial charge in [-0.2, -0.15) is 18.3 Å². The fourth-order valence-corrected chi connectivity index (χ4v) is 3.84. The van der Waals surface area contributed by atoms with E-state index >= 15 is 0 Å². The lowest BCUT2D eigenvalue weighted by molar-refractivity contribution is -0.173. The standard InChI is InChI=1S/C21H18BrF3N4O2/c1-31-17-5-3-2-4-15(17)28-20(30)14-11-26-29-18(21(23,24)25)10-16(27-19(14)29)12-6-8-13(22)9-7-12/h2-9,11,16,18,27H,10H2,1H3,(H,28,30). The maximum absolute atomic E-state index is 13.8. The molecule has 2 aromatic carbocycles. The first-order chi connectivity index (χ1) is 14.8. The Balaban J connectivity index is 1.69. The smallest absolute Gasteiger partial charge is 0.410 e. The highest BCUT2D eigenvalue weighted by Crippen LogP contribution is 2.44. The van der Waals surface area contributed by atoms with E-state index in [0.29, 0.717) is 17.0 Å². The first-order valence-corrected chi connectivity index (χ1v) is 10.2. The van der Waals surface area contributed by atoms with E-state index in [1.165, 1.54) is 7.11 Å². The van der Waals surface area contributed by atoms with Crippen molar-refractivity contribution >= 4 is 33.3 Å². The highest BCUT2D eigenvalue weighted by molar-refractivity contribution is 9.10. The highest BCUT2D eigenvalue weighted by atomic mass is 79.9. The summed E-state index contributed by atoms with van der Waals surface area (Å²) in [6.07, 6.45) is -3.62. The Morgan fingerprint density at radius 3 is 2.61 bits per heavy atom. The summed E-state index contributed by atoms with van der Waals surface area (Å²) >= 11 is 3.33. The summed E-state index contributed by atoms with van der Waals surface area (Å²) in [5.41, 5.74) is 1.10. The van der Waals surface area contributed by atoms with Crippen LogP contribution in [0.15, 0.2) is 59.2 Å². The van der Waals surface area contributed by atoms with Crippen LogP contribution in [0.2, 0.25) is 0 Å². The number of fused-ring (bicyclic) bond motifs is 1. The number of ether oxygens (including phenoxy) is 1. The molecular formula is C21H18BrF3N4O2. The molecule has 1 aromatic heterocycles. The zero-order valence-corrected chi connectivity index (χ0v) is 17.9. The van der Waals surface area contributed by atoms with Gasteiger partial charge in [0.25, 0.3) is 5.91 Å². The Morgan fingerprint density at radius 2 is 1.94 bits per heavy atom. The Hall–Kier alpha value is -3.01. The normalized spacial score (nSPS) is 18.1. The van der Waals surface area contributed by atoms with Crippen LogP contribution in [0.5, 0.6) is 5.75 Å². The molecule has 2 atom stereocenters. The van der Waals surface area contributed by atoms with E-state index in [0.717, 1.165) is 15.4 Å². The maximum Gasteiger partial charge on any atom is 0.410 e. The van der Waals surface area contributed by atoms with Crippen molar-refractivity contribution in [1.82, 2.24) is 9.78 Å². The first kappa shape index (κ1) is 21.2. The molecule has 1 amide bonds. The number of anilines is 2. The zero-order chi connectivity index (χ0) is 22.2. The van der Waals surface area contributed by atoms with Crippen molar-refractivity contribution in [1.29, 1.82) is 0 Å². The van der Waals surface area contributed by atoms with Crippen LogP contribution in [0.4, 0.5) is 24.7 Å². The molecule has 3 aromatic rings. The van der Waals surface area contributed by atoms with Gasteiger partial charge in [-0.1, -0.05) is 40.2 Å². The molecule has 4 rings (SSSR count). The predicted octanol–water partition coefficient (Wildman–Crippen LogP) is 5.57. The number of carbonyl (C=O) groups is 1. The van der Waals surface area contributed by atoms with Crippen molar-refractivity contribution in [2.45, 2.75) is 24.7 Å². The number of alkyl halides is 3. The van der Waals surface area contributed by atoms with Gasteiger partial charge in [0, 0.05) is 10.9 Å². The Morgan fingerprint density at radius 1 is 1.23 bits per heavy atom. The molecule has 6 nitrogen and oxygen atoms in total. The summed E-state index contributed by atoms with van der Waals surface area (Å²) in [4.78, 5) is 12.9. The van der Waals surface area contributed by atoms with E-state index in [1.54, 1.807) is 48.5 Å². The number of nitrogens with zero attached hydrogens (tertiary/aromatic N) is 2. The molecule has 0 radical (unpaired) electrons. The van der Waals surface area contributed by atoms with Crippen LogP contribution in [0.3, 0.4) is 0 Å². The number of halogens is 4. The van der Waals surface area contributed by atoms with Crippen LogP contribution in [-0.4, -0.2) is 29.0 Å². The van der Waals surface area contributed by atoms with Crippen molar-refractivity contribution < 1.29 is 22.7 Å². The Labute approximate surface area is 184 Å². The molecule has 0 aliphatic carbocycles. The fraction of sp³-hybridized carbons (Fsp3) is 0.238. The molecule has 2 N–H and O–H groups in total. The van der Waals surface area contributed by atoms with Crippen LogP contribution in [0.1, 0.15) is 34.4 Å². The predicted molar refractivity (Wildman–Crippen MR) is 113 cm³/mol. The van der Waals surface area contributed by atoms with E-state index in [1.807, 2.05) is 0 Å². The number of amides is 1. The van der Waals surface area contributed by atoms with Gasteiger partial charge in [0.2, 0.25) is 0 Å². The van der Waals surface area contributed by atoms with Crippen molar-refractivity contribution in [3.63, 3.8) is 0 Å². The SMILES string of the molecule is COc1ccccc1NC(=O)c1cnn2c1NC(c1ccc(Br)cc1)CC2C(F)(F)F. The Bertz CT molecular complexity index is 1100. The molecule has 0 fully saturated rings. The molecule has 0 bridgehead atoms. The van der Waals surface area contributed by atoms with Crippen LogP contribution < -0.4 is 15.4 Å². The topological polar surface area (TPSA) is 68.2 Å². The quantitative estimate of drug-likeness (QED) is 0.497. The minimum Gasteiger partial charge on any atom is -0.495 e. The third-order valence-corrected chi connectivity index (χ3v) is 5.64. The lowest BCUT2D eigenvalue weighted by atomic mass is 9.96. The average Bonchev–Trinajstić information content (AvgIpc) is 3.17. The second kappa shape index (κ2) is 8.26. The Kier molecular flexibility index (Phi) is 5.65. The number of carbonyl (C=O) groups excluding carboxylic acids is 1. The molecule has 0 saturated heterocycles. The van der Waals surface area contributed by atoms with Crippen molar-refractivity contribution in [3.05, 3.63) is 70.3 Å². The lowest BCUT2D eigenvalue weighted by Gasteiger charge is -2.34. The van der Waals surface area contributed by atoms with Gasteiger partial charge in [-0.3, -0.25) is 4.79 Å². The van der Waals surface area contributed by atoms with Gasteiger partial charge in [-0.15, -0.1) is 0 Å². The number of nitrogens with one attached hydrogen (secondary N) is 2. The summed E-state index contributed by atoms with van der Waals surface area (Å²) in [5.74, 6) is -0.129. The molecule has 0 saturated carbocycles. The first-order valence-electron chi connectivity index (χ1n) is 9.38. The van der Waals surface area contributed by atoms with Gasteiger partial charge in [0.15, 0.2) is 6.04 Å². The monoisotopic (exact) mass is 494 g/mol. The summed E-state index contributed by atoms with van der Waals surface area (Å²) in [7, 11) is 1.46. The molecule has 1 aliphatic rings. The van der Waals surface area contributed by atoms with Gasteiger partial charge in [-0.05, 0) is 29.8 Å². The van der Waals surface area contributed by atoms with Crippen LogP contribution in [0, 0.1) is 0 Å². The third kappa shape index (κ3) is 4.25. The molecule has 10 heteroatoms. The fourth-order valence-electron chi connectivity index (χ4n) is 3.58. The summed E-state index contributed by atoms with van der Waals surface area (Å²) in [6, 6.07) is 11.3. The largest absolute Gasteiger partial charge is 0.495 e. The van der Waals surface area contributed by atoms with E-state index in [4.69, 9.17) is 4.74 Å². The summed E-state index contributed by atoms with van der Waals surface area (Å²) < 4.78 is 48.3. The van der Waals surface area contributed by atoms with Crippen LogP contribution in [0.25, 0.3) is 0 Å². The second-order valence-corrected chi connectivity index (χ2v) is 7.96. The number of benzene rings is 2. The lowest BCUT2D eigenvalue weighted by Crippen LogP contribution is -2.36. The molecule has 2 heterocycles. The number of hydrogen-bond acceptors (Lipinski definition) is 4. The van der Waals surface area contributed by atoms with E-state index < -0.39 is 24.2 Å². The number of methoxy groups -OCH3 is 1. The van der Waals surface area contributed by atoms with E-state index in [9.17, 15) is 18.0 Å². The molecule has 0 spiro atoms. The molecule has 31 heavy (non-hydrogen) atoms. The number of hydrogen-bond donors (Lipinski definition) is 2. The van der Waals surface area contributed by atoms with Crippen molar-refractivity contribution in [2.24, 2.45) is 0 Å². The average molecular weight is 495 g/mol. The van der Waals surface area contributed by atoms with Gasteiger partial charge >= 0.3 is 6.18 Å². The minimum atomic E-state index is -4.52. The molecule has 2 unspecified atom stereocenters. The zero-order valence-electron chi connectivity index (χ0n) is 16.3. The second-order valence-electron chi connectivity index (χ2n) is 7.05. The molecular weight excluding hydrogens is 477 g/mol. The van der Waals surface area contributed by atoms with Crippen molar-refractivity contribution in [2.75, 3.05) is 17.7 Å². The number of aromatic nitrogens is 2. The highest BCUT2D eigenvalue weighted by Gasteiger charge is 2.47. The minimum absolute atomic E-state index is 0.0157. The molecule has 162 valence electrons. The number of rotatable bonds is 4. The molecule has 1 aliphatic heterocycles. The van der Waals surface area contributed by atoms with E-state index in [2.05, 4.69) is 31.7 Å². The van der Waals surface area contributed by atoms with Crippen molar-refractivity contribution in [3.8, 4) is 5.75 Å². The van der Waals surface area contributed by atoms with Gasteiger partial charge in [0.1, 0.15) is 17.1 Å². The summed E-state index contributed by atoms with van der Waals surface area (Å²) in [6.45, 7) is 0. The van der Waals surface area contributed by atoms with Gasteiger partial charge in [-0.25, -0.2) is 4.68 Å². The van der Waals surface area contributed by atoms with E-state index in [-0.39, 0.29) is 17.8 Å². The third-order valence-electron chi connectivity index (χ3n) is 5.11.